The maximum atomic E-state index is 13.6. The van der Waals surface area contributed by atoms with Crippen LogP contribution in [0.2, 0.25) is 0 Å². The molecule has 0 amide bonds. The minimum atomic E-state index is -4.68. The van der Waals surface area contributed by atoms with Crippen LogP contribution in [0.25, 0.3) is 21.5 Å². The van der Waals surface area contributed by atoms with E-state index in [0.29, 0.717) is 0 Å². The molecule has 4 N–H and O–H groups in total. The molecule has 3 aromatic rings. The van der Waals surface area contributed by atoms with Crippen LogP contribution < -0.4 is 11.5 Å². The summed E-state index contributed by atoms with van der Waals surface area (Å²) in [5.41, 5.74) is 10.5. The van der Waals surface area contributed by atoms with E-state index in [4.69, 9.17) is 16.2 Å². The van der Waals surface area contributed by atoms with Crippen molar-refractivity contribution in [2.24, 2.45) is 0 Å². The molecule has 0 aliphatic carbocycles. The first-order valence-electron chi connectivity index (χ1n) is 7.47. The van der Waals surface area contributed by atoms with E-state index in [1.165, 1.54) is 19.5 Å². The predicted molar refractivity (Wildman–Crippen MR) is 97.6 cm³/mol. The first kappa shape index (κ1) is 19.5. The molecule has 0 aliphatic rings. The number of ether oxygens (including phenoxy) is 1. The quantitative estimate of drug-likeness (QED) is 0.655. The zero-order valence-electron chi connectivity index (χ0n) is 13.9. The van der Waals surface area contributed by atoms with Gasteiger partial charge in [0.25, 0.3) is 0 Å². The van der Waals surface area contributed by atoms with Gasteiger partial charge < -0.3 is 16.2 Å². The van der Waals surface area contributed by atoms with Crippen LogP contribution in [-0.2, 0) is 21.7 Å². The van der Waals surface area contributed by atoms with Crippen molar-refractivity contribution in [2.75, 3.05) is 30.9 Å². The number of fused-ring (bicyclic) bond motifs is 1. The van der Waals surface area contributed by atoms with E-state index in [1.54, 1.807) is 0 Å². The van der Waals surface area contributed by atoms with E-state index in [9.17, 15) is 17.4 Å². The Morgan fingerprint density at radius 1 is 1.26 bits per heavy atom. The molecule has 0 saturated heterocycles. The number of thiophene rings is 1. The molecule has 12 heteroatoms. The topological polar surface area (TPSA) is 117 Å². The Balaban J connectivity index is 2.22. The fraction of sp³-hybridized carbons (Fsp3) is 0.267. The number of methoxy groups -OCH3 is 1. The monoisotopic (exact) mass is 417 g/mol. The molecule has 0 spiro atoms. The van der Waals surface area contributed by atoms with Crippen molar-refractivity contribution in [1.82, 2.24) is 15.0 Å². The Hall–Kier alpha value is -2.31. The molecule has 1 atom stereocenters. The SMILES string of the molecule is COCCS(=O)c1sc2nc(-c3cnc(N)nc3)cc(C(F)(F)F)c2c1N. The lowest BCUT2D eigenvalue weighted by Crippen LogP contribution is -2.08. The second-order valence-corrected chi connectivity index (χ2v) is 8.17. The average molecular weight is 417 g/mol. The Kier molecular flexibility index (Phi) is 5.31. The highest BCUT2D eigenvalue weighted by Crippen LogP contribution is 2.44. The van der Waals surface area contributed by atoms with Gasteiger partial charge in [-0.3, -0.25) is 4.21 Å². The van der Waals surface area contributed by atoms with Gasteiger partial charge in [-0.25, -0.2) is 15.0 Å². The standard InChI is InChI=1S/C15H14F3N5O2S2/c1-25-2-3-27(24)13-11(19)10-8(15(16,17)18)4-9(23-12(10)26-13)7-5-21-14(20)22-6-7/h4-6H,2-3,19H2,1H3,(H2,20,21,22). The lowest BCUT2D eigenvalue weighted by atomic mass is 10.1. The number of hydrogen-bond acceptors (Lipinski definition) is 8. The number of rotatable bonds is 5. The Morgan fingerprint density at radius 3 is 2.52 bits per heavy atom. The molecule has 3 heterocycles. The predicted octanol–water partition coefficient (Wildman–Crippen LogP) is 2.69. The summed E-state index contributed by atoms with van der Waals surface area (Å²) in [4.78, 5) is 11.8. The maximum Gasteiger partial charge on any atom is 0.417 e. The van der Waals surface area contributed by atoms with Crippen LogP contribution in [0.3, 0.4) is 0 Å². The molecule has 0 aromatic carbocycles. The van der Waals surface area contributed by atoms with Gasteiger partial charge in [0.1, 0.15) is 9.04 Å². The van der Waals surface area contributed by atoms with Gasteiger partial charge in [-0.15, -0.1) is 11.3 Å². The summed E-state index contributed by atoms with van der Waals surface area (Å²) in [7, 11) is -0.157. The van der Waals surface area contributed by atoms with Crippen molar-refractivity contribution in [3.05, 3.63) is 24.0 Å². The summed E-state index contributed by atoms with van der Waals surface area (Å²) < 4.78 is 58.3. The second kappa shape index (κ2) is 7.37. The zero-order chi connectivity index (χ0) is 19.8. The van der Waals surface area contributed by atoms with Crippen molar-refractivity contribution in [2.45, 2.75) is 10.4 Å². The number of alkyl halides is 3. The summed E-state index contributed by atoms with van der Waals surface area (Å²) in [6.07, 6.45) is -2.11. The van der Waals surface area contributed by atoms with Gasteiger partial charge in [0, 0.05) is 30.5 Å². The number of halogens is 3. The van der Waals surface area contributed by atoms with E-state index in [2.05, 4.69) is 15.0 Å². The molecule has 27 heavy (non-hydrogen) atoms. The fourth-order valence-corrected chi connectivity index (χ4v) is 4.93. The van der Waals surface area contributed by atoms with Gasteiger partial charge in [-0.05, 0) is 6.07 Å². The maximum absolute atomic E-state index is 13.6. The van der Waals surface area contributed by atoms with Crippen LogP contribution in [-0.4, -0.2) is 38.6 Å². The average Bonchev–Trinajstić information content (AvgIpc) is 2.95. The van der Waals surface area contributed by atoms with Crippen LogP contribution in [0.15, 0.2) is 22.7 Å². The molecule has 0 aliphatic heterocycles. The molecule has 0 radical (unpaired) electrons. The van der Waals surface area contributed by atoms with E-state index in [-0.39, 0.29) is 49.7 Å². The van der Waals surface area contributed by atoms with Gasteiger partial charge >= 0.3 is 6.18 Å². The smallest absolute Gasteiger partial charge is 0.396 e. The lowest BCUT2D eigenvalue weighted by Gasteiger charge is -2.11. The number of nitrogens with two attached hydrogens (primary N) is 2. The largest absolute Gasteiger partial charge is 0.417 e. The number of pyridine rings is 1. The molecule has 1 unspecified atom stereocenters. The Morgan fingerprint density at radius 2 is 1.93 bits per heavy atom. The number of anilines is 2. The van der Waals surface area contributed by atoms with E-state index in [0.717, 1.165) is 17.4 Å². The van der Waals surface area contributed by atoms with Gasteiger partial charge in [-0.1, -0.05) is 0 Å². The summed E-state index contributed by atoms with van der Waals surface area (Å²) in [6.45, 7) is 0.188. The Labute approximate surface area is 158 Å². The lowest BCUT2D eigenvalue weighted by molar-refractivity contribution is -0.136. The van der Waals surface area contributed by atoms with Gasteiger partial charge in [0.2, 0.25) is 5.95 Å². The summed E-state index contributed by atoms with van der Waals surface area (Å²) in [6, 6.07) is 0.877. The summed E-state index contributed by atoms with van der Waals surface area (Å²) in [5.74, 6) is 0.111. The van der Waals surface area contributed by atoms with E-state index in [1.807, 2.05) is 0 Å². The van der Waals surface area contributed by atoms with Crippen LogP contribution in [0.5, 0.6) is 0 Å². The zero-order valence-corrected chi connectivity index (χ0v) is 15.5. The van der Waals surface area contributed by atoms with E-state index < -0.39 is 22.5 Å². The fourth-order valence-electron chi connectivity index (χ4n) is 2.36. The molecule has 0 bridgehead atoms. The molecule has 3 rings (SSSR count). The number of nitrogen functional groups attached to an aromatic ring is 2. The van der Waals surface area contributed by atoms with Crippen molar-refractivity contribution in [1.29, 1.82) is 0 Å². The molecular formula is C15H14F3N5O2S2. The third kappa shape index (κ3) is 3.87. The highest BCUT2D eigenvalue weighted by atomic mass is 32.2. The minimum Gasteiger partial charge on any atom is -0.396 e. The highest BCUT2D eigenvalue weighted by Gasteiger charge is 2.36. The minimum absolute atomic E-state index is 0.00735. The number of aromatic nitrogens is 3. The van der Waals surface area contributed by atoms with Crippen molar-refractivity contribution in [3.8, 4) is 11.3 Å². The van der Waals surface area contributed by atoms with Gasteiger partial charge in [0.05, 0.1) is 40.1 Å². The summed E-state index contributed by atoms with van der Waals surface area (Å²) >= 11 is 0.867. The van der Waals surface area contributed by atoms with Crippen molar-refractivity contribution >= 4 is 44.0 Å². The first-order chi connectivity index (χ1) is 12.7. The highest BCUT2D eigenvalue weighted by molar-refractivity contribution is 7.87. The summed E-state index contributed by atoms with van der Waals surface area (Å²) in [5, 5.41) is -0.256. The third-order valence-corrected chi connectivity index (χ3v) is 6.49. The van der Waals surface area contributed by atoms with Crippen molar-refractivity contribution in [3.63, 3.8) is 0 Å². The Bertz CT molecular complexity index is 1010. The molecular weight excluding hydrogens is 403 g/mol. The molecule has 144 valence electrons. The van der Waals surface area contributed by atoms with Crippen LogP contribution >= 0.6 is 11.3 Å². The molecule has 3 aromatic heterocycles. The second-order valence-electron chi connectivity index (χ2n) is 5.41. The molecule has 0 saturated carbocycles. The van der Waals surface area contributed by atoms with Gasteiger partial charge in [-0.2, -0.15) is 13.2 Å². The van der Waals surface area contributed by atoms with Crippen LogP contribution in [0.4, 0.5) is 24.8 Å². The normalized spacial score (nSPS) is 13.2. The van der Waals surface area contributed by atoms with Crippen LogP contribution in [0.1, 0.15) is 5.56 Å². The molecule has 7 nitrogen and oxygen atoms in total. The number of hydrogen-bond donors (Lipinski definition) is 2. The van der Waals surface area contributed by atoms with E-state index >= 15 is 0 Å². The molecule has 0 fully saturated rings. The van der Waals surface area contributed by atoms with Gasteiger partial charge in [0.15, 0.2) is 0 Å². The van der Waals surface area contributed by atoms with Crippen molar-refractivity contribution < 1.29 is 22.1 Å². The van der Waals surface area contributed by atoms with Crippen LogP contribution in [0, 0.1) is 0 Å². The third-order valence-electron chi connectivity index (χ3n) is 3.62. The first-order valence-corrected chi connectivity index (χ1v) is 9.61. The number of nitrogens with zero attached hydrogens (tertiary/aromatic N) is 3.